The van der Waals surface area contributed by atoms with Crippen molar-refractivity contribution in [3.05, 3.63) is 29.6 Å². The molecule has 2 rings (SSSR count). The fraction of sp³-hybridized carbons (Fsp3) is 0.400. The third kappa shape index (κ3) is 3.93. The third-order valence-corrected chi connectivity index (χ3v) is 3.48. The number of aliphatic hydroxyl groups is 1. The van der Waals surface area contributed by atoms with Crippen molar-refractivity contribution in [3.8, 4) is 5.88 Å². The molecule has 0 spiro atoms. The van der Waals surface area contributed by atoms with Crippen molar-refractivity contribution in [1.29, 1.82) is 0 Å². The maximum absolute atomic E-state index is 11.9. The normalized spacial score (nSPS) is 10.5. The lowest BCUT2D eigenvalue weighted by Crippen LogP contribution is -2.41. The van der Waals surface area contributed by atoms with Gasteiger partial charge in [0.25, 0.3) is 0 Å². The number of carbonyl (C=O) groups is 2. The Morgan fingerprint density at radius 3 is 2.92 bits per heavy atom. The Labute approximate surface area is 139 Å². The highest BCUT2D eigenvalue weighted by atomic mass is 16.5. The van der Waals surface area contributed by atoms with Crippen LogP contribution < -0.4 is 15.0 Å². The number of anilines is 1. The first-order valence-corrected chi connectivity index (χ1v) is 7.45. The average Bonchev–Trinajstić information content (AvgIpc) is 2.58. The maximum Gasteiger partial charge on any atom is 0.322 e. The van der Waals surface area contributed by atoms with Gasteiger partial charge in [-0.2, -0.15) is 0 Å². The van der Waals surface area contributed by atoms with Gasteiger partial charge in [-0.1, -0.05) is 6.07 Å². The van der Waals surface area contributed by atoms with Crippen LogP contribution in [0.25, 0.3) is 0 Å². The molecule has 0 aliphatic rings. The number of hydrogen-bond acceptors (Lipinski definition) is 5. The molecule has 130 valence electrons. The summed E-state index contributed by atoms with van der Waals surface area (Å²) in [6.45, 7) is 0.799. The average molecular weight is 335 g/mol. The molecule has 0 fully saturated rings. The zero-order valence-electron chi connectivity index (χ0n) is 13.7. The van der Waals surface area contributed by atoms with E-state index in [0.717, 1.165) is 5.56 Å². The second-order valence-corrected chi connectivity index (χ2v) is 5.13. The number of nitrogens with one attached hydrogen (secondary N) is 2. The highest BCUT2D eigenvalue weighted by molar-refractivity contribution is 5.95. The van der Waals surface area contributed by atoms with E-state index in [1.165, 1.54) is 4.90 Å². The molecule has 0 radical (unpaired) electrons. The van der Waals surface area contributed by atoms with Gasteiger partial charge in [0.15, 0.2) is 12.1 Å². The molecule has 0 saturated carbocycles. The number of aliphatic hydroxyl groups excluding tert-OH is 1. The van der Waals surface area contributed by atoms with E-state index in [1.807, 2.05) is 6.07 Å². The number of nitrogens with zero attached hydrogens (tertiary/aromatic N) is 3. The van der Waals surface area contributed by atoms with Gasteiger partial charge in [0.2, 0.25) is 5.88 Å². The van der Waals surface area contributed by atoms with Crippen LogP contribution >= 0.6 is 0 Å². The van der Waals surface area contributed by atoms with Gasteiger partial charge in [0, 0.05) is 32.5 Å². The molecule has 0 bridgehead atoms. The van der Waals surface area contributed by atoms with Gasteiger partial charge in [0.1, 0.15) is 5.69 Å². The van der Waals surface area contributed by atoms with Crippen molar-refractivity contribution >= 4 is 18.1 Å². The molecule has 0 aliphatic carbocycles. The molecule has 0 aromatic carbocycles. The number of rotatable bonds is 8. The monoisotopic (exact) mass is 335 g/mol. The van der Waals surface area contributed by atoms with Crippen LogP contribution in [-0.2, 0) is 6.54 Å². The van der Waals surface area contributed by atoms with Crippen molar-refractivity contribution in [2.45, 2.75) is 13.0 Å². The van der Waals surface area contributed by atoms with Gasteiger partial charge in [-0.05, 0) is 12.0 Å². The summed E-state index contributed by atoms with van der Waals surface area (Å²) in [5, 5.41) is 14.3. The lowest BCUT2D eigenvalue weighted by atomic mass is 10.2. The van der Waals surface area contributed by atoms with Crippen LogP contribution in [0.15, 0.2) is 18.3 Å². The second-order valence-electron chi connectivity index (χ2n) is 5.13. The number of pyridine rings is 1. The Balaban J connectivity index is 2.02. The number of H-pyrrole nitrogens is 1. The Bertz CT molecular complexity index is 677. The number of carbonyl (C=O) groups excluding carboxylic acids is 2. The summed E-state index contributed by atoms with van der Waals surface area (Å²) in [6, 6.07) is 3.23. The fourth-order valence-electron chi connectivity index (χ4n) is 2.11. The summed E-state index contributed by atoms with van der Waals surface area (Å²) in [6.07, 6.45) is 2.83. The fourth-order valence-corrected chi connectivity index (χ4v) is 2.11. The van der Waals surface area contributed by atoms with Gasteiger partial charge >= 0.3 is 6.03 Å². The van der Waals surface area contributed by atoms with E-state index >= 15 is 0 Å². The molecule has 0 unspecified atom stereocenters. The number of aromatic nitrogens is 3. The van der Waals surface area contributed by atoms with Crippen molar-refractivity contribution in [2.75, 3.05) is 32.2 Å². The molecular formula is C15H21N5O4. The minimum Gasteiger partial charge on any atom is -0.481 e. The highest BCUT2D eigenvalue weighted by Crippen LogP contribution is 2.20. The molecule has 2 amide bonds. The highest BCUT2D eigenvalue weighted by Gasteiger charge is 2.21. The topological polar surface area (TPSA) is 112 Å². The number of ether oxygens (including phenoxy) is 1. The van der Waals surface area contributed by atoms with Crippen LogP contribution in [0.4, 0.5) is 10.6 Å². The maximum atomic E-state index is 11.9. The Morgan fingerprint density at radius 1 is 1.54 bits per heavy atom. The lowest BCUT2D eigenvalue weighted by molar-refractivity contribution is 0.111. The zero-order valence-corrected chi connectivity index (χ0v) is 13.7. The Hall–Kier alpha value is -2.81. The summed E-state index contributed by atoms with van der Waals surface area (Å²) in [7, 11) is 3.10. The molecule has 24 heavy (non-hydrogen) atoms. The number of amides is 2. The first-order chi connectivity index (χ1) is 11.6. The molecule has 2 aromatic heterocycles. The van der Waals surface area contributed by atoms with E-state index in [2.05, 4.69) is 15.4 Å². The molecule has 2 aromatic rings. The number of hydrogen-bond donors (Lipinski definition) is 3. The number of aromatic amines is 1. The van der Waals surface area contributed by atoms with Crippen molar-refractivity contribution in [2.24, 2.45) is 0 Å². The predicted molar refractivity (Wildman–Crippen MR) is 87.6 cm³/mol. The van der Waals surface area contributed by atoms with E-state index in [4.69, 9.17) is 9.84 Å². The summed E-state index contributed by atoms with van der Waals surface area (Å²) in [4.78, 5) is 28.7. The molecule has 0 aliphatic heterocycles. The van der Waals surface area contributed by atoms with Gasteiger partial charge in [-0.15, -0.1) is 0 Å². The first-order valence-electron chi connectivity index (χ1n) is 7.45. The molecule has 9 nitrogen and oxygen atoms in total. The lowest BCUT2D eigenvalue weighted by Gasteiger charge is -2.26. The molecule has 9 heteroatoms. The summed E-state index contributed by atoms with van der Waals surface area (Å²) in [5.41, 5.74) is 1.27. The minimum atomic E-state index is -0.351. The summed E-state index contributed by atoms with van der Waals surface area (Å²) < 4.78 is 6.63. The van der Waals surface area contributed by atoms with Crippen molar-refractivity contribution < 1.29 is 19.4 Å². The van der Waals surface area contributed by atoms with E-state index in [1.54, 1.807) is 31.1 Å². The van der Waals surface area contributed by atoms with Crippen LogP contribution in [0.2, 0.25) is 0 Å². The van der Waals surface area contributed by atoms with Gasteiger partial charge in [0.05, 0.1) is 13.7 Å². The molecular weight excluding hydrogens is 314 g/mol. The Kier molecular flexibility index (Phi) is 5.96. The van der Waals surface area contributed by atoms with Gasteiger partial charge < -0.3 is 15.2 Å². The van der Waals surface area contributed by atoms with Gasteiger partial charge in [-0.3, -0.25) is 19.5 Å². The van der Waals surface area contributed by atoms with E-state index in [9.17, 15) is 9.59 Å². The predicted octanol–water partition coefficient (Wildman–Crippen LogP) is 0.609. The van der Waals surface area contributed by atoms with Crippen molar-refractivity contribution in [3.63, 3.8) is 0 Å². The quantitative estimate of drug-likeness (QED) is 0.483. The smallest absolute Gasteiger partial charge is 0.322 e. The summed E-state index contributed by atoms with van der Waals surface area (Å²) in [5.74, 6) is 0.939. The zero-order chi connectivity index (χ0) is 17.5. The standard InChI is InChI=1S/C15H21N5O4/c1-19(15(23)16-6-3-7-21)14-12(10-22)20(18-14)9-11-4-5-13(24-2)17-8-11/h4-5,8,10,18,21H,3,6-7,9H2,1-2H3,(H,16,23). The molecule has 3 N–H and O–H groups in total. The van der Waals surface area contributed by atoms with Crippen LogP contribution in [-0.4, -0.2) is 59.5 Å². The largest absolute Gasteiger partial charge is 0.481 e. The Morgan fingerprint density at radius 2 is 2.33 bits per heavy atom. The number of methoxy groups -OCH3 is 1. The first kappa shape index (κ1) is 17.5. The van der Waals surface area contributed by atoms with Crippen LogP contribution in [0.5, 0.6) is 5.88 Å². The SMILES string of the molecule is COc1ccc(Cn2[nH]c(N(C)C(=O)NCCCO)c2C=O)cn1. The van der Waals surface area contributed by atoms with Crippen LogP contribution in [0, 0.1) is 0 Å². The summed E-state index contributed by atoms with van der Waals surface area (Å²) >= 11 is 0. The second kappa shape index (κ2) is 8.16. The minimum absolute atomic E-state index is 0.00814. The molecule has 0 atom stereocenters. The third-order valence-electron chi connectivity index (χ3n) is 3.48. The number of urea groups is 1. The van der Waals surface area contributed by atoms with Gasteiger partial charge in [-0.25, -0.2) is 9.78 Å². The van der Waals surface area contributed by atoms with Crippen molar-refractivity contribution in [1.82, 2.24) is 20.1 Å². The van der Waals surface area contributed by atoms with E-state index < -0.39 is 0 Å². The molecule has 0 saturated heterocycles. The van der Waals surface area contributed by atoms with E-state index in [-0.39, 0.29) is 12.6 Å². The molecule has 2 heterocycles. The van der Waals surface area contributed by atoms with Crippen LogP contribution in [0.3, 0.4) is 0 Å². The number of aldehydes is 1. The van der Waals surface area contributed by atoms with E-state index in [0.29, 0.717) is 43.2 Å². The van der Waals surface area contributed by atoms with Crippen LogP contribution in [0.1, 0.15) is 22.5 Å².